The van der Waals surface area contributed by atoms with E-state index in [1.54, 1.807) is 12.1 Å². The lowest BCUT2D eigenvalue weighted by atomic mass is 10.1. The van der Waals surface area contributed by atoms with Crippen LogP contribution in [0.25, 0.3) is 10.8 Å². The van der Waals surface area contributed by atoms with Gasteiger partial charge in [0.25, 0.3) is 0 Å². The monoisotopic (exact) mass is 292 g/mol. The Labute approximate surface area is 128 Å². The second-order valence-electron chi connectivity index (χ2n) is 5.19. The third kappa shape index (κ3) is 3.44. The molecule has 0 aliphatic rings. The number of carboxylic acid groups (broad SMARTS) is 1. The first kappa shape index (κ1) is 14.1. The van der Waals surface area contributed by atoms with Crippen molar-refractivity contribution in [2.24, 2.45) is 0 Å². The van der Waals surface area contributed by atoms with E-state index in [1.807, 2.05) is 30.3 Å². The minimum atomic E-state index is -0.841. The number of hydrogen-bond acceptors (Lipinski definition) is 2. The second-order valence-corrected chi connectivity index (χ2v) is 5.19. The lowest BCUT2D eigenvalue weighted by molar-refractivity contribution is -0.136. The number of fused-ring (bicyclic) bond motifs is 1. The molecule has 0 aliphatic heterocycles. The zero-order valence-electron chi connectivity index (χ0n) is 12.0. The Bertz CT molecular complexity index is 808. The molecule has 0 saturated carbocycles. The van der Waals surface area contributed by atoms with Gasteiger partial charge in [0, 0.05) is 0 Å². The molecule has 0 atom stereocenters. The third-order valence-electron chi connectivity index (χ3n) is 3.47. The molecule has 22 heavy (non-hydrogen) atoms. The number of benzene rings is 3. The molecule has 3 heteroatoms. The van der Waals surface area contributed by atoms with Crippen molar-refractivity contribution in [1.29, 1.82) is 0 Å². The number of hydrogen-bond donors (Lipinski definition) is 1. The molecule has 0 heterocycles. The van der Waals surface area contributed by atoms with Crippen LogP contribution in [0.2, 0.25) is 0 Å². The normalized spacial score (nSPS) is 10.5. The highest BCUT2D eigenvalue weighted by molar-refractivity contribution is 5.82. The number of aliphatic carboxylic acids is 1. The Kier molecular flexibility index (Phi) is 4.05. The van der Waals surface area contributed by atoms with Crippen LogP contribution in [-0.4, -0.2) is 11.1 Å². The first-order valence-corrected chi connectivity index (χ1v) is 7.12. The SMILES string of the molecule is O=C(O)Cc1cccc(OCc2ccc3ccccc3c2)c1. The second kappa shape index (κ2) is 6.31. The van der Waals surface area contributed by atoms with Crippen molar-refractivity contribution in [3.8, 4) is 5.75 Å². The van der Waals surface area contributed by atoms with Crippen LogP contribution in [-0.2, 0) is 17.8 Å². The number of ether oxygens (including phenoxy) is 1. The maximum Gasteiger partial charge on any atom is 0.307 e. The van der Waals surface area contributed by atoms with Gasteiger partial charge in [0.1, 0.15) is 12.4 Å². The molecule has 0 bridgehead atoms. The van der Waals surface area contributed by atoms with Gasteiger partial charge in [-0.1, -0.05) is 48.5 Å². The molecule has 1 N–H and O–H groups in total. The Hall–Kier alpha value is -2.81. The number of carbonyl (C=O) groups is 1. The highest BCUT2D eigenvalue weighted by atomic mass is 16.5. The minimum Gasteiger partial charge on any atom is -0.489 e. The van der Waals surface area contributed by atoms with Crippen molar-refractivity contribution >= 4 is 16.7 Å². The minimum absolute atomic E-state index is 0.00712. The quantitative estimate of drug-likeness (QED) is 0.771. The summed E-state index contributed by atoms with van der Waals surface area (Å²) in [4.78, 5) is 10.7. The molecule has 0 aliphatic carbocycles. The van der Waals surface area contributed by atoms with E-state index in [2.05, 4.69) is 24.3 Å². The Morgan fingerprint density at radius 3 is 2.50 bits per heavy atom. The first-order valence-electron chi connectivity index (χ1n) is 7.12. The lowest BCUT2D eigenvalue weighted by Gasteiger charge is -2.08. The Balaban J connectivity index is 1.72. The highest BCUT2D eigenvalue weighted by Gasteiger charge is 2.03. The maximum atomic E-state index is 10.7. The number of rotatable bonds is 5. The fraction of sp³-hybridized carbons (Fsp3) is 0.105. The molecular formula is C19H16O3. The maximum absolute atomic E-state index is 10.7. The van der Waals surface area contributed by atoms with Crippen molar-refractivity contribution in [3.05, 3.63) is 77.9 Å². The van der Waals surface area contributed by atoms with Crippen LogP contribution in [0.5, 0.6) is 5.75 Å². The van der Waals surface area contributed by atoms with Gasteiger partial charge in [0.2, 0.25) is 0 Å². The van der Waals surface area contributed by atoms with Crippen LogP contribution in [0.1, 0.15) is 11.1 Å². The van der Waals surface area contributed by atoms with Crippen LogP contribution in [0.3, 0.4) is 0 Å². The van der Waals surface area contributed by atoms with Gasteiger partial charge in [-0.15, -0.1) is 0 Å². The van der Waals surface area contributed by atoms with Gasteiger partial charge >= 0.3 is 5.97 Å². The van der Waals surface area contributed by atoms with E-state index in [4.69, 9.17) is 9.84 Å². The van der Waals surface area contributed by atoms with E-state index in [9.17, 15) is 4.79 Å². The zero-order valence-corrected chi connectivity index (χ0v) is 12.0. The van der Waals surface area contributed by atoms with Crippen LogP contribution in [0, 0.1) is 0 Å². The summed E-state index contributed by atoms with van der Waals surface area (Å²) in [5, 5.41) is 11.2. The molecular weight excluding hydrogens is 276 g/mol. The zero-order chi connectivity index (χ0) is 15.4. The van der Waals surface area contributed by atoms with Gasteiger partial charge in [0.15, 0.2) is 0 Å². The fourth-order valence-electron chi connectivity index (χ4n) is 2.42. The van der Waals surface area contributed by atoms with Crippen LogP contribution in [0.4, 0.5) is 0 Å². The van der Waals surface area contributed by atoms with E-state index in [-0.39, 0.29) is 6.42 Å². The van der Waals surface area contributed by atoms with Crippen molar-refractivity contribution in [1.82, 2.24) is 0 Å². The average molecular weight is 292 g/mol. The molecule has 0 aromatic heterocycles. The van der Waals surface area contributed by atoms with Crippen LogP contribution in [0.15, 0.2) is 66.7 Å². The van der Waals surface area contributed by atoms with Gasteiger partial charge in [-0.05, 0) is 40.1 Å². The molecule has 0 spiro atoms. The summed E-state index contributed by atoms with van der Waals surface area (Å²) < 4.78 is 5.77. The van der Waals surface area contributed by atoms with Crippen molar-refractivity contribution in [2.75, 3.05) is 0 Å². The summed E-state index contributed by atoms with van der Waals surface area (Å²) in [6, 6.07) is 21.6. The van der Waals surface area contributed by atoms with Crippen molar-refractivity contribution in [3.63, 3.8) is 0 Å². The summed E-state index contributed by atoms with van der Waals surface area (Å²) in [5.41, 5.74) is 1.82. The van der Waals surface area contributed by atoms with Gasteiger partial charge in [0.05, 0.1) is 6.42 Å². The summed E-state index contributed by atoms with van der Waals surface area (Å²) in [7, 11) is 0. The van der Waals surface area contributed by atoms with Crippen LogP contribution >= 0.6 is 0 Å². The van der Waals surface area contributed by atoms with Gasteiger partial charge < -0.3 is 9.84 Å². The summed E-state index contributed by atoms with van der Waals surface area (Å²) in [6.07, 6.45) is 0.00712. The molecule has 0 unspecified atom stereocenters. The fourth-order valence-corrected chi connectivity index (χ4v) is 2.42. The molecule has 3 aromatic rings. The van der Waals surface area contributed by atoms with Crippen LogP contribution < -0.4 is 4.74 Å². The summed E-state index contributed by atoms with van der Waals surface area (Å²) in [5.74, 6) is -0.154. The third-order valence-corrected chi connectivity index (χ3v) is 3.47. The van der Waals surface area contributed by atoms with Gasteiger partial charge in [-0.2, -0.15) is 0 Å². The predicted molar refractivity (Wildman–Crippen MR) is 86.1 cm³/mol. The lowest BCUT2D eigenvalue weighted by Crippen LogP contribution is -2.01. The molecule has 0 radical (unpaired) electrons. The standard InChI is InChI=1S/C19H16O3/c20-19(21)12-14-4-3-7-18(11-14)22-13-15-8-9-16-5-1-2-6-17(16)10-15/h1-11H,12-13H2,(H,20,21). The highest BCUT2D eigenvalue weighted by Crippen LogP contribution is 2.19. The topological polar surface area (TPSA) is 46.5 Å². The van der Waals surface area contributed by atoms with Gasteiger partial charge in [-0.25, -0.2) is 0 Å². The van der Waals surface area contributed by atoms with Crippen molar-refractivity contribution in [2.45, 2.75) is 13.0 Å². The largest absolute Gasteiger partial charge is 0.489 e. The summed E-state index contributed by atoms with van der Waals surface area (Å²) in [6.45, 7) is 0.460. The molecule has 0 fully saturated rings. The van der Waals surface area contributed by atoms with E-state index >= 15 is 0 Å². The Morgan fingerprint density at radius 1 is 0.864 bits per heavy atom. The molecule has 3 rings (SSSR count). The Morgan fingerprint density at radius 2 is 1.68 bits per heavy atom. The van der Waals surface area contributed by atoms with Gasteiger partial charge in [-0.3, -0.25) is 4.79 Å². The molecule has 0 saturated heterocycles. The van der Waals surface area contributed by atoms with E-state index in [0.29, 0.717) is 12.4 Å². The molecule has 3 nitrogen and oxygen atoms in total. The predicted octanol–water partition coefficient (Wildman–Crippen LogP) is 4.05. The first-order chi connectivity index (χ1) is 10.7. The average Bonchev–Trinajstić information content (AvgIpc) is 2.52. The molecule has 0 amide bonds. The smallest absolute Gasteiger partial charge is 0.307 e. The molecule has 110 valence electrons. The summed E-state index contributed by atoms with van der Waals surface area (Å²) >= 11 is 0. The van der Waals surface area contributed by atoms with E-state index < -0.39 is 5.97 Å². The van der Waals surface area contributed by atoms with E-state index in [0.717, 1.165) is 11.1 Å². The number of carboxylic acids is 1. The van der Waals surface area contributed by atoms with E-state index in [1.165, 1.54) is 10.8 Å². The van der Waals surface area contributed by atoms with Crippen molar-refractivity contribution < 1.29 is 14.6 Å². The molecule has 3 aromatic carbocycles.